The summed E-state index contributed by atoms with van der Waals surface area (Å²) in [5, 5.41) is 10.3. The summed E-state index contributed by atoms with van der Waals surface area (Å²) in [5.41, 5.74) is -2.14. The molecule has 0 saturated carbocycles. The van der Waals surface area contributed by atoms with E-state index in [1.54, 1.807) is 4.98 Å². The molecule has 1 aromatic rings. The summed E-state index contributed by atoms with van der Waals surface area (Å²) in [6.45, 7) is 0. The van der Waals surface area contributed by atoms with E-state index < -0.39 is 34.0 Å². The molecule has 0 fully saturated rings. The molecule has 0 spiro atoms. The Morgan fingerprint density at radius 1 is 1.60 bits per heavy atom. The number of aromatic amines is 1. The Labute approximate surface area is 81.6 Å². The Bertz CT molecular complexity index is 443. The minimum absolute atomic E-state index is 0.500. The van der Waals surface area contributed by atoms with Crippen LogP contribution in [-0.4, -0.2) is 17.0 Å². The molecule has 0 aliphatic heterocycles. The first-order valence-electron chi connectivity index (χ1n) is 3.71. The Balaban J connectivity index is 3.44. The van der Waals surface area contributed by atoms with Crippen molar-refractivity contribution in [2.45, 2.75) is 6.43 Å². The number of hydrogen-bond donors (Lipinski definition) is 1. The van der Waals surface area contributed by atoms with Crippen LogP contribution in [0.1, 0.15) is 12.0 Å². The fourth-order valence-corrected chi connectivity index (χ4v) is 1.01. The van der Waals surface area contributed by atoms with E-state index in [1.165, 1.54) is 0 Å². The van der Waals surface area contributed by atoms with Crippen molar-refractivity contribution < 1.29 is 18.4 Å². The summed E-state index contributed by atoms with van der Waals surface area (Å²) >= 11 is 0. The van der Waals surface area contributed by atoms with Crippen molar-refractivity contribution in [1.82, 2.24) is 4.98 Å². The van der Waals surface area contributed by atoms with E-state index in [0.717, 1.165) is 13.2 Å². The summed E-state index contributed by atoms with van der Waals surface area (Å²) in [7, 11) is 1.05. The third-order valence-corrected chi connectivity index (χ3v) is 1.65. The molecule has 0 aliphatic carbocycles. The number of rotatable bonds is 3. The van der Waals surface area contributed by atoms with Gasteiger partial charge in [-0.3, -0.25) is 0 Å². The van der Waals surface area contributed by atoms with Gasteiger partial charge in [-0.05, 0) is 4.92 Å². The van der Waals surface area contributed by atoms with Gasteiger partial charge < -0.3 is 14.9 Å². The summed E-state index contributed by atoms with van der Waals surface area (Å²) < 4.78 is 29.2. The van der Waals surface area contributed by atoms with Crippen LogP contribution in [0.3, 0.4) is 0 Å². The van der Waals surface area contributed by atoms with Crippen molar-refractivity contribution in [1.29, 1.82) is 0 Å². The van der Waals surface area contributed by atoms with Gasteiger partial charge in [0.05, 0.1) is 13.2 Å². The third-order valence-electron chi connectivity index (χ3n) is 1.65. The molecule has 8 heteroatoms. The third kappa shape index (κ3) is 2.09. The number of H-pyrrole nitrogens is 1. The Morgan fingerprint density at radius 2 is 2.20 bits per heavy atom. The Hall–Kier alpha value is -1.99. The average molecular weight is 220 g/mol. The van der Waals surface area contributed by atoms with Gasteiger partial charge in [-0.2, -0.15) is 0 Å². The predicted octanol–water partition coefficient (Wildman–Crippen LogP) is 1.23. The first kappa shape index (κ1) is 11.1. The summed E-state index contributed by atoms with van der Waals surface area (Å²) in [6.07, 6.45) is -3.05. The van der Waals surface area contributed by atoms with Gasteiger partial charge >= 0.3 is 11.4 Å². The molecule has 0 bridgehead atoms. The number of halogens is 2. The number of nitro groups is 1. The zero-order chi connectivity index (χ0) is 11.6. The van der Waals surface area contributed by atoms with E-state index in [-0.39, 0.29) is 0 Å². The molecule has 1 N–H and O–H groups in total. The molecule has 15 heavy (non-hydrogen) atoms. The molecular weight excluding hydrogens is 214 g/mol. The van der Waals surface area contributed by atoms with E-state index in [0.29, 0.717) is 0 Å². The molecule has 1 rings (SSSR count). The standard InChI is InChI=1S/C7H6F2N2O4/c1-15-3-2-4(11(13)14)10-7(12)5(3)6(8)9/h2,6H,1H3,(H,10,12). The molecule has 0 saturated heterocycles. The van der Waals surface area contributed by atoms with Gasteiger partial charge in [-0.15, -0.1) is 0 Å². The number of pyridine rings is 1. The SMILES string of the molecule is COc1cc([N+](=O)[O-])[nH]c(=O)c1C(F)F. The van der Waals surface area contributed by atoms with Crippen molar-refractivity contribution in [2.24, 2.45) is 0 Å². The average Bonchev–Trinajstić information content (AvgIpc) is 2.15. The zero-order valence-electron chi connectivity index (χ0n) is 7.49. The topological polar surface area (TPSA) is 85.2 Å². The monoisotopic (exact) mass is 220 g/mol. The van der Waals surface area contributed by atoms with Crippen molar-refractivity contribution in [3.8, 4) is 5.75 Å². The molecule has 0 aromatic carbocycles. The van der Waals surface area contributed by atoms with Crippen LogP contribution in [0.5, 0.6) is 5.75 Å². The van der Waals surface area contributed by atoms with E-state index in [1.807, 2.05) is 0 Å². The summed E-state index contributed by atoms with van der Waals surface area (Å²) in [4.78, 5) is 22.2. The lowest BCUT2D eigenvalue weighted by molar-refractivity contribution is -0.389. The maximum absolute atomic E-state index is 12.3. The van der Waals surface area contributed by atoms with Gasteiger partial charge in [0.2, 0.25) is 0 Å². The Morgan fingerprint density at radius 3 is 2.60 bits per heavy atom. The smallest absolute Gasteiger partial charge is 0.344 e. The summed E-state index contributed by atoms with van der Waals surface area (Å²) in [5.74, 6) is -1.19. The molecule has 1 aromatic heterocycles. The second kappa shape index (κ2) is 4.03. The molecule has 0 aliphatic rings. The highest BCUT2D eigenvalue weighted by molar-refractivity contribution is 5.38. The van der Waals surface area contributed by atoms with Gasteiger partial charge in [0, 0.05) is 0 Å². The van der Waals surface area contributed by atoms with E-state index in [4.69, 9.17) is 0 Å². The molecule has 82 valence electrons. The lowest BCUT2D eigenvalue weighted by atomic mass is 10.2. The highest BCUT2D eigenvalue weighted by Crippen LogP contribution is 2.27. The van der Waals surface area contributed by atoms with Crippen molar-refractivity contribution in [2.75, 3.05) is 7.11 Å². The van der Waals surface area contributed by atoms with Crippen LogP contribution in [0.2, 0.25) is 0 Å². The van der Waals surface area contributed by atoms with Crippen LogP contribution in [0.15, 0.2) is 10.9 Å². The van der Waals surface area contributed by atoms with Gasteiger partial charge in [0.1, 0.15) is 11.3 Å². The molecule has 0 atom stereocenters. The summed E-state index contributed by atoms with van der Waals surface area (Å²) in [6, 6.07) is 0.739. The highest BCUT2D eigenvalue weighted by Gasteiger charge is 2.23. The van der Waals surface area contributed by atoms with E-state index >= 15 is 0 Å². The number of nitrogens with zero attached hydrogens (tertiary/aromatic N) is 1. The molecule has 0 amide bonds. The first-order valence-corrected chi connectivity index (χ1v) is 3.71. The van der Waals surface area contributed by atoms with E-state index in [2.05, 4.69) is 4.74 Å². The van der Waals surface area contributed by atoms with Gasteiger partial charge in [-0.25, -0.2) is 18.6 Å². The minimum atomic E-state index is -3.05. The Kier molecular flexibility index (Phi) is 2.98. The highest BCUT2D eigenvalue weighted by atomic mass is 19.3. The lowest BCUT2D eigenvalue weighted by Crippen LogP contribution is -2.16. The number of hydrogen-bond acceptors (Lipinski definition) is 4. The predicted molar refractivity (Wildman–Crippen MR) is 45.2 cm³/mol. The van der Waals surface area contributed by atoms with Crippen molar-refractivity contribution >= 4 is 5.82 Å². The number of alkyl halides is 2. The maximum atomic E-state index is 12.3. The second-order valence-electron chi connectivity index (χ2n) is 2.52. The van der Waals surface area contributed by atoms with Gasteiger partial charge in [-0.1, -0.05) is 0 Å². The quantitative estimate of drug-likeness (QED) is 0.613. The lowest BCUT2D eigenvalue weighted by Gasteiger charge is -2.05. The second-order valence-corrected chi connectivity index (χ2v) is 2.52. The number of methoxy groups -OCH3 is 1. The first-order chi connectivity index (χ1) is 6.97. The van der Waals surface area contributed by atoms with Crippen molar-refractivity contribution in [3.63, 3.8) is 0 Å². The largest absolute Gasteiger partial charge is 0.496 e. The van der Waals surface area contributed by atoms with Crippen LogP contribution in [0.4, 0.5) is 14.6 Å². The number of aromatic nitrogens is 1. The van der Waals surface area contributed by atoms with Crippen LogP contribution < -0.4 is 10.3 Å². The molecule has 1 heterocycles. The van der Waals surface area contributed by atoms with Crippen LogP contribution in [0, 0.1) is 10.1 Å². The fraction of sp³-hybridized carbons (Fsp3) is 0.286. The van der Waals surface area contributed by atoms with Crippen LogP contribution in [0.25, 0.3) is 0 Å². The molecule has 0 unspecified atom stereocenters. The normalized spacial score (nSPS) is 10.4. The molecule has 6 nitrogen and oxygen atoms in total. The zero-order valence-corrected chi connectivity index (χ0v) is 7.49. The van der Waals surface area contributed by atoms with Crippen LogP contribution in [-0.2, 0) is 0 Å². The van der Waals surface area contributed by atoms with Gasteiger partial charge in [0.15, 0.2) is 0 Å². The minimum Gasteiger partial charge on any atom is -0.496 e. The van der Waals surface area contributed by atoms with Crippen LogP contribution >= 0.6 is 0 Å². The molecule has 0 radical (unpaired) electrons. The number of ether oxygens (including phenoxy) is 1. The fourth-order valence-electron chi connectivity index (χ4n) is 1.01. The number of nitrogens with one attached hydrogen (secondary N) is 1. The maximum Gasteiger partial charge on any atom is 0.344 e. The van der Waals surface area contributed by atoms with E-state index in [9.17, 15) is 23.7 Å². The van der Waals surface area contributed by atoms with Crippen molar-refractivity contribution in [3.05, 3.63) is 32.1 Å². The van der Waals surface area contributed by atoms with Gasteiger partial charge in [0.25, 0.3) is 6.43 Å². The molecular formula is C7H6F2N2O4.